The maximum Gasteiger partial charge on any atom is 0.243 e. The molecule has 112 valence electrons. The standard InChI is InChI=1S/C13H18N2O3S.ClH/c1-10(16)11-4-2-6-13(8-11)19(17,18)15-7-3-5-12(15)9-14;/h2,4,6,8,12H,3,5,7,9,14H2,1H3;1H. The van der Waals surface area contributed by atoms with Gasteiger partial charge in [0.05, 0.1) is 4.90 Å². The molecule has 1 aromatic carbocycles. The van der Waals surface area contributed by atoms with Gasteiger partial charge in [0.25, 0.3) is 0 Å². The number of rotatable bonds is 4. The maximum absolute atomic E-state index is 12.5. The number of Topliss-reactive ketones (excluding diaryl/α,β-unsaturated/α-hetero) is 1. The van der Waals surface area contributed by atoms with Crippen LogP contribution in [0, 0.1) is 0 Å². The van der Waals surface area contributed by atoms with Gasteiger partial charge in [-0.15, -0.1) is 12.4 Å². The summed E-state index contributed by atoms with van der Waals surface area (Å²) in [6, 6.07) is 6.03. The zero-order valence-corrected chi connectivity index (χ0v) is 12.9. The molecule has 1 aliphatic heterocycles. The van der Waals surface area contributed by atoms with Gasteiger partial charge in [-0.3, -0.25) is 4.79 Å². The molecule has 1 unspecified atom stereocenters. The second kappa shape index (κ2) is 6.67. The van der Waals surface area contributed by atoms with Gasteiger partial charge in [0.2, 0.25) is 10.0 Å². The Labute approximate surface area is 125 Å². The molecule has 1 aromatic rings. The van der Waals surface area contributed by atoms with Gasteiger partial charge in [-0.05, 0) is 31.9 Å². The molecule has 0 saturated carbocycles. The number of carbonyl (C=O) groups is 1. The third-order valence-corrected chi connectivity index (χ3v) is 5.39. The van der Waals surface area contributed by atoms with Crippen LogP contribution in [0.4, 0.5) is 0 Å². The zero-order valence-electron chi connectivity index (χ0n) is 11.3. The van der Waals surface area contributed by atoms with Crippen molar-refractivity contribution in [1.82, 2.24) is 4.31 Å². The average molecular weight is 319 g/mol. The van der Waals surface area contributed by atoms with Crippen LogP contribution in [0.15, 0.2) is 29.2 Å². The smallest absolute Gasteiger partial charge is 0.243 e. The molecule has 1 atom stereocenters. The van der Waals surface area contributed by atoms with Gasteiger partial charge in [-0.25, -0.2) is 8.42 Å². The van der Waals surface area contributed by atoms with E-state index >= 15 is 0 Å². The van der Waals surface area contributed by atoms with E-state index in [2.05, 4.69) is 0 Å². The molecule has 0 aliphatic carbocycles. The van der Waals surface area contributed by atoms with Crippen LogP contribution in [0.3, 0.4) is 0 Å². The Balaban J connectivity index is 0.00000200. The monoisotopic (exact) mass is 318 g/mol. The van der Waals surface area contributed by atoms with E-state index in [0.717, 1.165) is 12.8 Å². The Bertz CT molecular complexity index is 589. The Hall–Kier alpha value is -0.950. The fraction of sp³-hybridized carbons (Fsp3) is 0.462. The van der Waals surface area contributed by atoms with Gasteiger partial charge in [-0.1, -0.05) is 12.1 Å². The Morgan fingerprint density at radius 2 is 2.15 bits per heavy atom. The van der Waals surface area contributed by atoms with Crippen molar-refractivity contribution in [2.45, 2.75) is 30.7 Å². The first kappa shape index (κ1) is 17.1. The van der Waals surface area contributed by atoms with Crippen LogP contribution < -0.4 is 5.73 Å². The van der Waals surface area contributed by atoms with Crippen molar-refractivity contribution in [3.05, 3.63) is 29.8 Å². The topological polar surface area (TPSA) is 80.5 Å². The molecule has 2 N–H and O–H groups in total. The summed E-state index contributed by atoms with van der Waals surface area (Å²) in [5.74, 6) is -0.145. The highest BCUT2D eigenvalue weighted by Crippen LogP contribution is 2.26. The SMILES string of the molecule is CC(=O)c1cccc(S(=O)(=O)N2CCCC2CN)c1.Cl. The zero-order chi connectivity index (χ0) is 14.0. The molecule has 1 aliphatic rings. The molecular formula is C13H19ClN2O3S. The predicted octanol–water partition coefficient (Wildman–Crippen LogP) is 1.42. The van der Waals surface area contributed by atoms with E-state index < -0.39 is 10.0 Å². The first-order chi connectivity index (χ1) is 8.96. The van der Waals surface area contributed by atoms with E-state index in [-0.39, 0.29) is 29.1 Å². The second-order valence-electron chi connectivity index (χ2n) is 4.73. The normalized spacial score (nSPS) is 19.6. The summed E-state index contributed by atoms with van der Waals surface area (Å²) in [4.78, 5) is 11.5. The van der Waals surface area contributed by atoms with Crippen molar-refractivity contribution >= 4 is 28.2 Å². The summed E-state index contributed by atoms with van der Waals surface area (Å²) in [6.45, 7) is 2.24. The fourth-order valence-electron chi connectivity index (χ4n) is 2.37. The van der Waals surface area contributed by atoms with E-state index in [1.54, 1.807) is 12.1 Å². The highest BCUT2D eigenvalue weighted by atomic mass is 35.5. The molecule has 2 rings (SSSR count). The van der Waals surface area contributed by atoms with E-state index in [0.29, 0.717) is 18.7 Å². The van der Waals surface area contributed by atoms with Gasteiger partial charge < -0.3 is 5.73 Å². The Kier molecular flexibility index (Phi) is 5.70. The first-order valence-corrected chi connectivity index (χ1v) is 7.73. The number of halogens is 1. The molecule has 1 fully saturated rings. The predicted molar refractivity (Wildman–Crippen MR) is 79.7 cm³/mol. The number of sulfonamides is 1. The van der Waals surface area contributed by atoms with Crippen LogP contribution in [0.2, 0.25) is 0 Å². The van der Waals surface area contributed by atoms with Crippen LogP contribution >= 0.6 is 12.4 Å². The molecule has 5 nitrogen and oxygen atoms in total. The Morgan fingerprint density at radius 3 is 2.75 bits per heavy atom. The average Bonchev–Trinajstić information content (AvgIpc) is 2.88. The van der Waals surface area contributed by atoms with Gasteiger partial charge in [0, 0.05) is 24.7 Å². The molecule has 0 amide bonds. The lowest BCUT2D eigenvalue weighted by Gasteiger charge is -2.23. The van der Waals surface area contributed by atoms with E-state index in [1.165, 1.54) is 23.4 Å². The number of ketones is 1. The van der Waals surface area contributed by atoms with E-state index in [1.807, 2.05) is 0 Å². The Morgan fingerprint density at radius 1 is 1.45 bits per heavy atom. The van der Waals surface area contributed by atoms with Crippen molar-refractivity contribution in [2.75, 3.05) is 13.1 Å². The number of nitrogens with two attached hydrogens (primary N) is 1. The minimum absolute atomic E-state index is 0. The van der Waals surface area contributed by atoms with Crippen LogP contribution in [0.25, 0.3) is 0 Å². The number of carbonyl (C=O) groups excluding carboxylic acids is 1. The highest BCUT2D eigenvalue weighted by Gasteiger charge is 2.34. The largest absolute Gasteiger partial charge is 0.329 e. The summed E-state index contributed by atoms with van der Waals surface area (Å²) in [5, 5.41) is 0. The summed E-state index contributed by atoms with van der Waals surface area (Å²) >= 11 is 0. The molecule has 20 heavy (non-hydrogen) atoms. The first-order valence-electron chi connectivity index (χ1n) is 6.29. The van der Waals surface area contributed by atoms with Gasteiger partial charge in [0.1, 0.15) is 0 Å². The van der Waals surface area contributed by atoms with Crippen LogP contribution in [0.5, 0.6) is 0 Å². The molecule has 0 aromatic heterocycles. The van der Waals surface area contributed by atoms with Crippen molar-refractivity contribution in [2.24, 2.45) is 5.73 Å². The lowest BCUT2D eigenvalue weighted by molar-refractivity contribution is 0.101. The summed E-state index contributed by atoms with van der Waals surface area (Å²) in [7, 11) is -3.55. The molecular weight excluding hydrogens is 300 g/mol. The summed E-state index contributed by atoms with van der Waals surface area (Å²) < 4.78 is 26.5. The van der Waals surface area contributed by atoms with E-state index in [4.69, 9.17) is 5.73 Å². The third-order valence-electron chi connectivity index (χ3n) is 3.44. The minimum Gasteiger partial charge on any atom is -0.329 e. The van der Waals surface area contributed by atoms with Gasteiger partial charge >= 0.3 is 0 Å². The van der Waals surface area contributed by atoms with Crippen molar-refractivity contribution < 1.29 is 13.2 Å². The highest BCUT2D eigenvalue weighted by molar-refractivity contribution is 7.89. The minimum atomic E-state index is -3.55. The van der Waals surface area contributed by atoms with Crippen LogP contribution in [-0.2, 0) is 10.0 Å². The van der Waals surface area contributed by atoms with E-state index in [9.17, 15) is 13.2 Å². The van der Waals surface area contributed by atoms with Gasteiger partial charge in [0.15, 0.2) is 5.78 Å². The quantitative estimate of drug-likeness (QED) is 0.851. The molecule has 0 spiro atoms. The number of benzene rings is 1. The second-order valence-corrected chi connectivity index (χ2v) is 6.62. The summed E-state index contributed by atoms with van der Waals surface area (Å²) in [6.07, 6.45) is 1.62. The molecule has 0 bridgehead atoms. The lowest BCUT2D eigenvalue weighted by Crippen LogP contribution is -2.39. The van der Waals surface area contributed by atoms with Crippen LogP contribution in [-0.4, -0.2) is 37.6 Å². The maximum atomic E-state index is 12.5. The van der Waals surface area contributed by atoms with Crippen LogP contribution in [0.1, 0.15) is 30.1 Å². The number of nitrogens with zero attached hydrogens (tertiary/aromatic N) is 1. The lowest BCUT2D eigenvalue weighted by atomic mass is 10.2. The molecule has 1 saturated heterocycles. The number of hydrogen-bond acceptors (Lipinski definition) is 4. The van der Waals surface area contributed by atoms with Crippen molar-refractivity contribution in [3.8, 4) is 0 Å². The molecule has 0 radical (unpaired) electrons. The fourth-order valence-corrected chi connectivity index (χ4v) is 4.12. The van der Waals surface area contributed by atoms with Gasteiger partial charge in [-0.2, -0.15) is 4.31 Å². The number of hydrogen-bond donors (Lipinski definition) is 1. The van der Waals surface area contributed by atoms with Crippen molar-refractivity contribution in [1.29, 1.82) is 0 Å². The molecule has 7 heteroatoms. The van der Waals surface area contributed by atoms with Crippen molar-refractivity contribution in [3.63, 3.8) is 0 Å². The molecule has 1 heterocycles. The third kappa shape index (κ3) is 3.20. The summed E-state index contributed by atoms with van der Waals surface area (Å²) in [5.41, 5.74) is 6.02.